The topological polar surface area (TPSA) is 50.3 Å². The van der Waals surface area contributed by atoms with E-state index in [2.05, 4.69) is 4.98 Å². The third kappa shape index (κ3) is 3.96. The molecule has 1 heterocycles. The van der Waals surface area contributed by atoms with Gasteiger partial charge in [-0.25, -0.2) is 9.88 Å². The number of aromatic nitrogens is 1. The van der Waals surface area contributed by atoms with E-state index in [9.17, 15) is 22.8 Å². The molecule has 1 rings (SSSR count). The summed E-state index contributed by atoms with van der Waals surface area (Å²) >= 11 is 0.546. The quantitative estimate of drug-likeness (QED) is 0.806. The standard InChI is InChI=1S/C12H13F3N2O2S/c1-8(18)20-11(2,3)10(19)17(12(13,14)15)9-6-4-5-7-16-9/h4-7H,1-3H3. The fraction of sp³-hybridized carbons (Fsp3) is 0.417. The molecular formula is C12H13F3N2O2S. The van der Waals surface area contributed by atoms with Gasteiger partial charge in [-0.05, 0) is 26.0 Å². The molecule has 0 aliphatic rings. The maximum absolute atomic E-state index is 13.1. The fourth-order valence-electron chi connectivity index (χ4n) is 1.51. The number of carbonyl (C=O) groups is 2. The first kappa shape index (κ1) is 16.5. The van der Waals surface area contributed by atoms with Crippen LogP contribution in [-0.2, 0) is 9.59 Å². The Balaban J connectivity index is 3.20. The van der Waals surface area contributed by atoms with Crippen LogP contribution < -0.4 is 4.90 Å². The van der Waals surface area contributed by atoms with Gasteiger partial charge in [-0.3, -0.25) is 9.59 Å². The van der Waals surface area contributed by atoms with Crippen LogP contribution in [0.5, 0.6) is 0 Å². The first-order valence-electron chi connectivity index (χ1n) is 5.57. The summed E-state index contributed by atoms with van der Waals surface area (Å²) in [5, 5.41) is -0.438. The van der Waals surface area contributed by atoms with E-state index in [0.29, 0.717) is 11.8 Å². The molecule has 0 saturated carbocycles. The average Bonchev–Trinajstić information content (AvgIpc) is 2.26. The molecule has 0 bridgehead atoms. The second-order valence-corrected chi connectivity index (χ2v) is 6.20. The Morgan fingerprint density at radius 3 is 2.25 bits per heavy atom. The molecule has 0 N–H and O–H groups in total. The third-order valence-electron chi connectivity index (χ3n) is 2.25. The summed E-state index contributed by atoms with van der Waals surface area (Å²) in [4.78, 5) is 26.4. The number of amides is 1. The molecule has 0 spiro atoms. The maximum Gasteiger partial charge on any atom is 0.492 e. The first-order chi connectivity index (χ1) is 9.05. The summed E-state index contributed by atoms with van der Waals surface area (Å²) in [7, 11) is 0. The smallest absolute Gasteiger partial charge is 0.288 e. The van der Waals surface area contributed by atoms with Crippen LogP contribution in [0.3, 0.4) is 0 Å². The first-order valence-corrected chi connectivity index (χ1v) is 6.39. The van der Waals surface area contributed by atoms with Crippen molar-refractivity contribution in [2.45, 2.75) is 31.8 Å². The summed E-state index contributed by atoms with van der Waals surface area (Å²) in [6.45, 7) is 3.73. The van der Waals surface area contributed by atoms with Gasteiger partial charge in [0.1, 0.15) is 5.82 Å². The molecule has 4 nitrogen and oxygen atoms in total. The van der Waals surface area contributed by atoms with Crippen LogP contribution in [0.4, 0.5) is 19.0 Å². The number of rotatable bonds is 3. The minimum absolute atomic E-state index is 0.344. The molecule has 20 heavy (non-hydrogen) atoms. The second kappa shape index (κ2) is 5.82. The maximum atomic E-state index is 13.1. The number of halogens is 3. The Labute approximate surface area is 118 Å². The van der Waals surface area contributed by atoms with Crippen molar-refractivity contribution in [3.05, 3.63) is 24.4 Å². The van der Waals surface area contributed by atoms with E-state index in [4.69, 9.17) is 0 Å². The van der Waals surface area contributed by atoms with Crippen LogP contribution in [0.25, 0.3) is 0 Å². The SMILES string of the molecule is CC(=O)SC(C)(C)C(=O)N(c1ccccn1)C(F)(F)F. The summed E-state index contributed by atoms with van der Waals surface area (Å²) in [5.74, 6) is -1.77. The molecule has 1 aromatic rings. The number of nitrogens with zero attached hydrogens (tertiary/aromatic N) is 2. The van der Waals surface area contributed by atoms with Gasteiger partial charge < -0.3 is 0 Å². The van der Waals surface area contributed by atoms with E-state index in [1.165, 1.54) is 32.9 Å². The summed E-state index contributed by atoms with van der Waals surface area (Å²) in [6, 6.07) is 3.87. The molecule has 1 aromatic heterocycles. The normalized spacial score (nSPS) is 12.1. The Morgan fingerprint density at radius 2 is 1.85 bits per heavy atom. The molecule has 0 unspecified atom stereocenters. The van der Waals surface area contributed by atoms with Crippen LogP contribution in [0.1, 0.15) is 20.8 Å². The Bertz CT molecular complexity index is 503. The molecule has 110 valence electrons. The van der Waals surface area contributed by atoms with Crippen LogP contribution in [-0.4, -0.2) is 27.1 Å². The highest BCUT2D eigenvalue weighted by Crippen LogP contribution is 2.34. The van der Waals surface area contributed by atoms with Crippen molar-refractivity contribution in [1.29, 1.82) is 0 Å². The molecule has 0 aromatic carbocycles. The predicted octanol–water partition coefficient (Wildman–Crippen LogP) is 2.99. The van der Waals surface area contributed by atoms with E-state index in [1.54, 1.807) is 0 Å². The average molecular weight is 306 g/mol. The molecule has 0 fully saturated rings. The number of hydrogen-bond donors (Lipinski definition) is 0. The van der Waals surface area contributed by atoms with Crippen molar-refractivity contribution < 1.29 is 22.8 Å². The predicted molar refractivity (Wildman–Crippen MR) is 70.1 cm³/mol. The molecule has 0 aliphatic carbocycles. The van der Waals surface area contributed by atoms with Gasteiger partial charge >= 0.3 is 6.30 Å². The van der Waals surface area contributed by atoms with Gasteiger partial charge in [0.05, 0.1) is 4.75 Å². The van der Waals surface area contributed by atoms with Crippen LogP contribution in [0.15, 0.2) is 24.4 Å². The molecule has 8 heteroatoms. The summed E-state index contributed by atoms with van der Waals surface area (Å²) in [6.07, 6.45) is -3.76. The van der Waals surface area contributed by atoms with Crippen molar-refractivity contribution in [3.8, 4) is 0 Å². The molecule has 0 atom stereocenters. The minimum Gasteiger partial charge on any atom is -0.288 e. The van der Waals surface area contributed by atoms with Crippen molar-refractivity contribution in [1.82, 2.24) is 4.98 Å². The molecule has 1 amide bonds. The Morgan fingerprint density at radius 1 is 1.25 bits per heavy atom. The van der Waals surface area contributed by atoms with Crippen LogP contribution >= 0.6 is 11.8 Å². The van der Waals surface area contributed by atoms with Gasteiger partial charge in [0.2, 0.25) is 0 Å². The number of carbonyl (C=O) groups excluding carboxylic acids is 2. The van der Waals surface area contributed by atoms with Gasteiger partial charge in [-0.15, -0.1) is 13.2 Å². The number of anilines is 1. The van der Waals surface area contributed by atoms with Crippen molar-refractivity contribution in [2.24, 2.45) is 0 Å². The fourth-order valence-corrected chi connectivity index (χ4v) is 2.40. The molecule has 0 aliphatic heterocycles. The van der Waals surface area contributed by atoms with Gasteiger partial charge in [0, 0.05) is 13.1 Å². The number of alkyl halides is 3. The van der Waals surface area contributed by atoms with E-state index in [1.807, 2.05) is 0 Å². The molecular weight excluding hydrogens is 293 g/mol. The number of hydrogen-bond acceptors (Lipinski definition) is 4. The molecule has 0 saturated heterocycles. The van der Waals surface area contributed by atoms with Crippen molar-refractivity contribution in [2.75, 3.05) is 4.90 Å². The van der Waals surface area contributed by atoms with Gasteiger partial charge in [0.25, 0.3) is 5.91 Å². The van der Waals surface area contributed by atoms with E-state index in [-0.39, 0.29) is 4.90 Å². The van der Waals surface area contributed by atoms with Gasteiger partial charge in [0.15, 0.2) is 5.12 Å². The van der Waals surface area contributed by atoms with Crippen LogP contribution in [0, 0.1) is 0 Å². The largest absolute Gasteiger partial charge is 0.492 e. The zero-order chi connectivity index (χ0) is 15.6. The Kier molecular flexibility index (Phi) is 4.80. The lowest BCUT2D eigenvalue weighted by atomic mass is 10.1. The van der Waals surface area contributed by atoms with E-state index in [0.717, 1.165) is 12.3 Å². The summed E-state index contributed by atoms with van der Waals surface area (Å²) in [5.41, 5.74) is 0. The third-order valence-corrected chi connectivity index (χ3v) is 3.22. The van der Waals surface area contributed by atoms with E-state index < -0.39 is 27.9 Å². The van der Waals surface area contributed by atoms with Gasteiger partial charge in [-0.1, -0.05) is 17.8 Å². The van der Waals surface area contributed by atoms with E-state index >= 15 is 0 Å². The van der Waals surface area contributed by atoms with Gasteiger partial charge in [-0.2, -0.15) is 0 Å². The minimum atomic E-state index is -4.92. The highest BCUT2D eigenvalue weighted by molar-refractivity contribution is 8.15. The number of pyridine rings is 1. The Hall–Kier alpha value is -1.57. The summed E-state index contributed by atoms with van der Waals surface area (Å²) < 4.78 is 37.7. The second-order valence-electron chi connectivity index (χ2n) is 4.40. The lowest BCUT2D eigenvalue weighted by Gasteiger charge is -2.31. The lowest BCUT2D eigenvalue weighted by molar-refractivity contribution is -0.151. The lowest BCUT2D eigenvalue weighted by Crippen LogP contribution is -2.51. The van der Waals surface area contributed by atoms with Crippen molar-refractivity contribution in [3.63, 3.8) is 0 Å². The zero-order valence-electron chi connectivity index (χ0n) is 11.1. The van der Waals surface area contributed by atoms with Crippen LogP contribution in [0.2, 0.25) is 0 Å². The van der Waals surface area contributed by atoms with Crippen molar-refractivity contribution >= 4 is 28.6 Å². The highest BCUT2D eigenvalue weighted by Gasteiger charge is 2.48. The zero-order valence-corrected chi connectivity index (χ0v) is 11.9. The number of thioether (sulfide) groups is 1. The highest BCUT2D eigenvalue weighted by atomic mass is 32.2. The monoisotopic (exact) mass is 306 g/mol. The molecule has 0 radical (unpaired) electrons.